The van der Waals surface area contributed by atoms with Crippen LogP contribution in [0, 0.1) is 0 Å². The predicted octanol–water partition coefficient (Wildman–Crippen LogP) is 4.40. The molecule has 0 atom stereocenters. The summed E-state index contributed by atoms with van der Waals surface area (Å²) in [5.74, 6) is 1.75. The molecule has 1 aromatic heterocycles. The minimum Gasteiger partial charge on any atom is -0.497 e. The molecule has 3 aromatic rings. The van der Waals surface area contributed by atoms with E-state index in [4.69, 9.17) is 14.5 Å². The first-order chi connectivity index (χ1) is 15.2. The van der Waals surface area contributed by atoms with Crippen molar-refractivity contribution < 1.29 is 14.3 Å². The van der Waals surface area contributed by atoms with Gasteiger partial charge in [0.2, 0.25) is 5.95 Å². The number of anilines is 2. The monoisotopic (exact) mass is 418 g/mol. The van der Waals surface area contributed by atoms with E-state index < -0.39 is 0 Å². The number of benzene rings is 2. The third-order valence-corrected chi connectivity index (χ3v) is 5.38. The molecule has 0 aliphatic carbocycles. The molecule has 0 saturated carbocycles. The highest BCUT2D eigenvalue weighted by atomic mass is 16.5. The zero-order chi connectivity index (χ0) is 21.6. The fourth-order valence-corrected chi connectivity index (χ4v) is 3.65. The van der Waals surface area contributed by atoms with Crippen LogP contribution in [0.2, 0.25) is 0 Å². The summed E-state index contributed by atoms with van der Waals surface area (Å²) in [5, 5.41) is 2.89. The second kappa shape index (κ2) is 9.47. The summed E-state index contributed by atoms with van der Waals surface area (Å²) < 4.78 is 10.6. The van der Waals surface area contributed by atoms with E-state index in [1.807, 2.05) is 18.2 Å². The van der Waals surface area contributed by atoms with Gasteiger partial charge in [-0.05, 0) is 49.6 Å². The summed E-state index contributed by atoms with van der Waals surface area (Å²) in [6.45, 7) is 1.99. The van der Waals surface area contributed by atoms with Gasteiger partial charge in [-0.2, -0.15) is 0 Å². The number of hydrogen-bond acceptors (Lipinski definition) is 6. The maximum absolute atomic E-state index is 12.8. The highest BCUT2D eigenvalue weighted by Crippen LogP contribution is 2.29. The topological polar surface area (TPSA) is 76.6 Å². The van der Waals surface area contributed by atoms with Crippen molar-refractivity contribution in [2.75, 3.05) is 37.5 Å². The van der Waals surface area contributed by atoms with Gasteiger partial charge in [-0.1, -0.05) is 12.1 Å². The Balaban J connectivity index is 1.50. The average molecular weight is 418 g/mol. The number of carbonyl (C=O) groups excluding carboxylic acids is 1. The zero-order valence-corrected chi connectivity index (χ0v) is 17.8. The van der Waals surface area contributed by atoms with Crippen LogP contribution < -0.4 is 19.7 Å². The number of nitrogens with one attached hydrogen (secondary N) is 1. The smallest absolute Gasteiger partial charge is 0.255 e. The molecule has 0 unspecified atom stereocenters. The lowest BCUT2D eigenvalue weighted by Gasteiger charge is -2.26. The SMILES string of the molecule is COc1ccc(OC)c(NC(=O)c2ccc(-c3ccnc(N4CCCCC4)n3)cc2)c1. The minimum absolute atomic E-state index is 0.227. The molecule has 0 spiro atoms. The molecule has 1 saturated heterocycles. The largest absolute Gasteiger partial charge is 0.497 e. The average Bonchev–Trinajstić information content (AvgIpc) is 2.84. The fraction of sp³-hybridized carbons (Fsp3) is 0.292. The van der Waals surface area contributed by atoms with E-state index in [9.17, 15) is 4.79 Å². The third kappa shape index (κ3) is 4.77. The summed E-state index contributed by atoms with van der Waals surface area (Å²) in [6.07, 6.45) is 5.41. The van der Waals surface area contributed by atoms with Crippen molar-refractivity contribution in [3.63, 3.8) is 0 Å². The lowest BCUT2D eigenvalue weighted by atomic mass is 10.1. The van der Waals surface area contributed by atoms with Gasteiger partial charge >= 0.3 is 0 Å². The van der Waals surface area contributed by atoms with Gasteiger partial charge in [0.15, 0.2) is 0 Å². The van der Waals surface area contributed by atoms with Crippen LogP contribution in [0.15, 0.2) is 54.7 Å². The van der Waals surface area contributed by atoms with Crippen molar-refractivity contribution in [3.05, 3.63) is 60.3 Å². The standard InChI is InChI=1S/C24H26N4O3/c1-30-19-10-11-22(31-2)21(16-19)26-23(29)18-8-6-17(7-9-18)20-12-13-25-24(27-20)28-14-4-3-5-15-28/h6-13,16H,3-5,14-15H2,1-2H3,(H,26,29). The van der Waals surface area contributed by atoms with E-state index in [-0.39, 0.29) is 5.91 Å². The number of carbonyl (C=O) groups is 1. The van der Waals surface area contributed by atoms with Crippen LogP contribution in [0.1, 0.15) is 29.6 Å². The molecule has 160 valence electrons. The highest BCUT2D eigenvalue weighted by molar-refractivity contribution is 6.05. The molecule has 7 heteroatoms. The number of piperidine rings is 1. The molecule has 1 aliphatic rings. The van der Waals surface area contributed by atoms with Crippen LogP contribution in [-0.4, -0.2) is 43.2 Å². The third-order valence-electron chi connectivity index (χ3n) is 5.38. The summed E-state index contributed by atoms with van der Waals surface area (Å²) in [7, 11) is 3.14. The second-order valence-corrected chi connectivity index (χ2v) is 7.39. The van der Waals surface area contributed by atoms with Crippen LogP contribution in [0.25, 0.3) is 11.3 Å². The van der Waals surface area contributed by atoms with Crippen LogP contribution in [0.5, 0.6) is 11.5 Å². The summed E-state index contributed by atoms with van der Waals surface area (Å²) >= 11 is 0. The van der Waals surface area contributed by atoms with Crippen molar-refractivity contribution in [3.8, 4) is 22.8 Å². The molecule has 4 rings (SSSR count). The van der Waals surface area contributed by atoms with Gasteiger partial charge in [0.05, 0.1) is 25.6 Å². The van der Waals surface area contributed by atoms with Gasteiger partial charge in [0.1, 0.15) is 11.5 Å². The van der Waals surface area contributed by atoms with E-state index in [1.54, 1.807) is 50.7 Å². The normalized spacial score (nSPS) is 13.5. The summed E-state index contributed by atoms with van der Waals surface area (Å²) in [6, 6.07) is 14.5. The van der Waals surface area contributed by atoms with E-state index in [0.29, 0.717) is 22.7 Å². The predicted molar refractivity (Wildman–Crippen MR) is 121 cm³/mol. The summed E-state index contributed by atoms with van der Waals surface area (Å²) in [5.41, 5.74) is 2.88. The Hall–Kier alpha value is -3.61. The Bertz CT molecular complexity index is 1050. The molecule has 1 amide bonds. The Kier molecular flexibility index (Phi) is 6.31. The Labute approximate surface area is 182 Å². The van der Waals surface area contributed by atoms with Gasteiger partial charge in [-0.3, -0.25) is 4.79 Å². The van der Waals surface area contributed by atoms with E-state index >= 15 is 0 Å². The van der Waals surface area contributed by atoms with Gasteiger partial charge in [0.25, 0.3) is 5.91 Å². The lowest BCUT2D eigenvalue weighted by Crippen LogP contribution is -2.30. The maximum atomic E-state index is 12.8. The van der Waals surface area contributed by atoms with E-state index in [0.717, 1.165) is 30.3 Å². The van der Waals surface area contributed by atoms with Crippen LogP contribution >= 0.6 is 0 Å². The van der Waals surface area contributed by atoms with Crippen LogP contribution in [0.4, 0.5) is 11.6 Å². The first kappa shape index (κ1) is 20.7. The molecular formula is C24H26N4O3. The zero-order valence-electron chi connectivity index (χ0n) is 17.8. The molecule has 1 N–H and O–H groups in total. The van der Waals surface area contributed by atoms with E-state index in [2.05, 4.69) is 15.2 Å². The number of hydrogen-bond donors (Lipinski definition) is 1. The Morgan fingerprint density at radius 1 is 0.968 bits per heavy atom. The molecule has 31 heavy (non-hydrogen) atoms. The van der Waals surface area contributed by atoms with Gasteiger partial charge in [0, 0.05) is 36.5 Å². The maximum Gasteiger partial charge on any atom is 0.255 e. The molecule has 1 fully saturated rings. The van der Waals surface area contributed by atoms with Crippen molar-refractivity contribution in [1.82, 2.24) is 9.97 Å². The first-order valence-corrected chi connectivity index (χ1v) is 10.4. The molecule has 0 bridgehead atoms. The number of aromatic nitrogens is 2. The van der Waals surface area contributed by atoms with Gasteiger partial charge in [-0.15, -0.1) is 0 Å². The summed E-state index contributed by atoms with van der Waals surface area (Å²) in [4.78, 5) is 24.2. The lowest BCUT2D eigenvalue weighted by molar-refractivity contribution is 0.102. The minimum atomic E-state index is -0.227. The molecule has 2 heterocycles. The van der Waals surface area contributed by atoms with Crippen LogP contribution in [0.3, 0.4) is 0 Å². The van der Waals surface area contributed by atoms with Crippen LogP contribution in [-0.2, 0) is 0 Å². The fourth-order valence-electron chi connectivity index (χ4n) is 3.65. The van der Waals surface area contributed by atoms with Gasteiger partial charge in [-0.25, -0.2) is 9.97 Å². The van der Waals surface area contributed by atoms with Gasteiger partial charge < -0.3 is 19.7 Å². The molecular weight excluding hydrogens is 392 g/mol. The molecule has 0 radical (unpaired) electrons. The second-order valence-electron chi connectivity index (χ2n) is 7.39. The quantitative estimate of drug-likeness (QED) is 0.639. The van der Waals surface area contributed by atoms with Crippen molar-refractivity contribution >= 4 is 17.5 Å². The Morgan fingerprint density at radius 3 is 2.45 bits per heavy atom. The molecule has 1 aliphatic heterocycles. The number of methoxy groups -OCH3 is 2. The first-order valence-electron chi connectivity index (χ1n) is 10.4. The number of amides is 1. The number of nitrogens with zero attached hydrogens (tertiary/aromatic N) is 3. The number of ether oxygens (including phenoxy) is 2. The molecule has 7 nitrogen and oxygen atoms in total. The number of rotatable bonds is 6. The van der Waals surface area contributed by atoms with Crippen molar-refractivity contribution in [1.29, 1.82) is 0 Å². The van der Waals surface area contributed by atoms with E-state index in [1.165, 1.54) is 19.3 Å². The van der Waals surface area contributed by atoms with Crippen molar-refractivity contribution in [2.24, 2.45) is 0 Å². The van der Waals surface area contributed by atoms with Crippen molar-refractivity contribution in [2.45, 2.75) is 19.3 Å². The molecule has 2 aromatic carbocycles. The highest BCUT2D eigenvalue weighted by Gasteiger charge is 2.15. The Morgan fingerprint density at radius 2 is 1.74 bits per heavy atom.